The summed E-state index contributed by atoms with van der Waals surface area (Å²) in [6.45, 7) is 4.93. The number of unbranched alkanes of at least 4 members (excludes halogenated alkanes) is 1. The van der Waals surface area contributed by atoms with Crippen LogP contribution < -0.4 is 15.2 Å². The van der Waals surface area contributed by atoms with E-state index in [-0.39, 0.29) is 31.0 Å². The third-order valence-electron chi connectivity index (χ3n) is 6.49. The molecule has 0 spiro atoms. The lowest BCUT2D eigenvalue weighted by atomic mass is 9.58. The number of hydrogen-bond donors (Lipinski definition) is 1. The summed E-state index contributed by atoms with van der Waals surface area (Å²) < 4.78 is 16.6. The minimum Gasteiger partial charge on any atom is -0.493 e. The number of carbonyl (C=O) groups is 1. The van der Waals surface area contributed by atoms with Gasteiger partial charge in [0.2, 0.25) is 0 Å². The number of nitriles is 3. The van der Waals surface area contributed by atoms with Crippen LogP contribution in [0.4, 0.5) is 4.79 Å². The Morgan fingerprint density at radius 3 is 2.57 bits per heavy atom. The molecule has 0 fully saturated rings. The topological polar surface area (TPSA) is 145 Å². The van der Waals surface area contributed by atoms with Gasteiger partial charge in [0.15, 0.2) is 16.9 Å². The van der Waals surface area contributed by atoms with Crippen molar-refractivity contribution in [2.45, 2.75) is 32.6 Å². The van der Waals surface area contributed by atoms with E-state index in [9.17, 15) is 20.6 Å². The van der Waals surface area contributed by atoms with Crippen LogP contribution in [0.3, 0.4) is 0 Å². The third-order valence-corrected chi connectivity index (χ3v) is 6.49. The first kappa shape index (κ1) is 25.5. The number of nitrogens with zero attached hydrogens (tertiary/aromatic N) is 4. The van der Waals surface area contributed by atoms with Crippen molar-refractivity contribution in [2.24, 2.45) is 17.1 Å². The largest absolute Gasteiger partial charge is 0.493 e. The second-order valence-corrected chi connectivity index (χ2v) is 8.39. The Hall–Kier alpha value is -4.16. The number of rotatable bonds is 7. The second-order valence-electron chi connectivity index (χ2n) is 8.39. The Bertz CT molecular complexity index is 1150. The number of ether oxygens (including phenoxy) is 3. The number of fused-ring (bicyclic) bond motifs is 1. The molecule has 0 bridgehead atoms. The molecular formula is C26H29N5O4. The van der Waals surface area contributed by atoms with Crippen molar-refractivity contribution < 1.29 is 19.0 Å². The molecule has 1 aliphatic carbocycles. The maximum atomic E-state index is 12.5. The molecule has 2 aliphatic rings. The first-order valence-corrected chi connectivity index (χ1v) is 11.6. The van der Waals surface area contributed by atoms with Crippen molar-refractivity contribution in [3.05, 3.63) is 46.7 Å². The lowest BCUT2D eigenvalue weighted by Gasteiger charge is -2.45. The van der Waals surface area contributed by atoms with Crippen LogP contribution in [-0.4, -0.2) is 44.4 Å². The van der Waals surface area contributed by atoms with Gasteiger partial charge in [-0.15, -0.1) is 0 Å². The summed E-state index contributed by atoms with van der Waals surface area (Å²) in [4.78, 5) is 14.0. The molecule has 182 valence electrons. The average Bonchev–Trinajstić information content (AvgIpc) is 2.88. The van der Waals surface area contributed by atoms with Crippen LogP contribution in [0, 0.1) is 45.3 Å². The van der Waals surface area contributed by atoms with Gasteiger partial charge in [-0.1, -0.05) is 25.5 Å². The number of hydrogen-bond acceptors (Lipinski definition) is 8. The smallest absolute Gasteiger partial charge is 0.410 e. The Morgan fingerprint density at radius 2 is 1.97 bits per heavy atom. The molecule has 3 rings (SSSR count). The monoisotopic (exact) mass is 475 g/mol. The van der Waals surface area contributed by atoms with Crippen molar-refractivity contribution in [2.75, 3.05) is 33.4 Å². The zero-order valence-corrected chi connectivity index (χ0v) is 20.2. The van der Waals surface area contributed by atoms with E-state index in [2.05, 4.69) is 25.1 Å². The number of carbonyl (C=O) groups excluding carboxylic acids is 1. The highest BCUT2D eigenvalue weighted by atomic mass is 16.6. The predicted octanol–water partition coefficient (Wildman–Crippen LogP) is 3.76. The molecule has 9 nitrogen and oxygen atoms in total. The number of amides is 1. The van der Waals surface area contributed by atoms with Gasteiger partial charge in [-0.3, -0.25) is 0 Å². The highest BCUT2D eigenvalue weighted by Crippen LogP contribution is 2.54. The zero-order valence-electron chi connectivity index (χ0n) is 20.2. The SMILES string of the molecule is CCCCOc1ccc([C@H]2[C@H]3CN(C(=O)OCC)CC=C3C(C#N)=C(N)C2(C#N)C#N)cc1OC. The Morgan fingerprint density at radius 1 is 1.23 bits per heavy atom. The summed E-state index contributed by atoms with van der Waals surface area (Å²) in [5, 5.41) is 30.4. The molecule has 35 heavy (non-hydrogen) atoms. The Balaban J connectivity index is 2.18. The fraction of sp³-hybridized carbons (Fsp3) is 0.462. The zero-order chi connectivity index (χ0) is 25.6. The summed E-state index contributed by atoms with van der Waals surface area (Å²) in [5.74, 6) is -0.294. The molecule has 0 aromatic heterocycles. The van der Waals surface area contributed by atoms with Crippen LogP contribution in [0.2, 0.25) is 0 Å². The molecule has 1 aromatic rings. The predicted molar refractivity (Wildman–Crippen MR) is 127 cm³/mol. The molecular weight excluding hydrogens is 446 g/mol. The first-order valence-electron chi connectivity index (χ1n) is 11.6. The van der Waals surface area contributed by atoms with E-state index in [4.69, 9.17) is 19.9 Å². The quantitative estimate of drug-likeness (QED) is 0.587. The van der Waals surface area contributed by atoms with Gasteiger partial charge in [-0.25, -0.2) is 4.79 Å². The van der Waals surface area contributed by atoms with E-state index in [0.29, 0.717) is 29.2 Å². The van der Waals surface area contributed by atoms with E-state index in [1.54, 1.807) is 31.2 Å². The van der Waals surface area contributed by atoms with Crippen LogP contribution in [-0.2, 0) is 4.74 Å². The first-order chi connectivity index (χ1) is 16.9. The molecule has 2 N–H and O–H groups in total. The summed E-state index contributed by atoms with van der Waals surface area (Å²) in [7, 11) is 1.52. The van der Waals surface area contributed by atoms with Crippen molar-refractivity contribution in [1.29, 1.82) is 15.8 Å². The van der Waals surface area contributed by atoms with Crippen LogP contribution in [0.5, 0.6) is 11.5 Å². The molecule has 2 atom stereocenters. The summed E-state index contributed by atoms with van der Waals surface area (Å²) >= 11 is 0. The normalized spacial score (nSPS) is 20.5. The number of methoxy groups -OCH3 is 1. The van der Waals surface area contributed by atoms with E-state index < -0.39 is 23.3 Å². The van der Waals surface area contributed by atoms with E-state index in [1.165, 1.54) is 12.0 Å². The molecule has 0 saturated heterocycles. The molecule has 0 unspecified atom stereocenters. The highest BCUT2D eigenvalue weighted by Gasteiger charge is 2.55. The summed E-state index contributed by atoms with van der Waals surface area (Å²) in [6.07, 6.45) is 3.12. The van der Waals surface area contributed by atoms with Gasteiger partial charge >= 0.3 is 6.09 Å². The summed E-state index contributed by atoms with van der Waals surface area (Å²) in [6, 6.07) is 11.5. The standard InChI is InChI=1S/C26H29N5O4/c1-4-6-11-35-21-8-7-17(12-22(21)33-3)23-20-14-31(25(32)34-5-2)10-9-18(20)19(13-27)24(30)26(23,15-28)16-29/h7-9,12,20,23H,4-6,10-11,14,30H2,1-3H3/t20-,23-/m0/s1. The molecule has 1 amide bonds. The van der Waals surface area contributed by atoms with Crippen LogP contribution in [0.25, 0.3) is 0 Å². The van der Waals surface area contributed by atoms with Crippen LogP contribution in [0.1, 0.15) is 38.2 Å². The van der Waals surface area contributed by atoms with Crippen LogP contribution in [0.15, 0.2) is 41.1 Å². The van der Waals surface area contributed by atoms with Crippen molar-refractivity contribution in [1.82, 2.24) is 4.90 Å². The third kappa shape index (κ3) is 4.48. The van der Waals surface area contributed by atoms with Gasteiger partial charge < -0.3 is 24.8 Å². The molecule has 0 saturated carbocycles. The van der Waals surface area contributed by atoms with Crippen molar-refractivity contribution in [3.8, 4) is 29.7 Å². The maximum Gasteiger partial charge on any atom is 0.410 e. The molecule has 1 heterocycles. The minimum atomic E-state index is -1.82. The van der Waals surface area contributed by atoms with Crippen molar-refractivity contribution in [3.63, 3.8) is 0 Å². The fourth-order valence-corrected chi connectivity index (χ4v) is 4.74. The molecule has 1 aromatic carbocycles. The highest BCUT2D eigenvalue weighted by molar-refractivity contribution is 5.69. The van der Waals surface area contributed by atoms with Gasteiger partial charge in [0.1, 0.15) is 6.07 Å². The van der Waals surface area contributed by atoms with Gasteiger partial charge in [0, 0.05) is 24.9 Å². The number of benzene rings is 1. The van der Waals surface area contributed by atoms with Gasteiger partial charge in [-0.05, 0) is 36.6 Å². The lowest BCUT2D eigenvalue weighted by molar-refractivity contribution is 0.0999. The van der Waals surface area contributed by atoms with Crippen molar-refractivity contribution >= 4 is 6.09 Å². The summed E-state index contributed by atoms with van der Waals surface area (Å²) in [5.41, 5.74) is 5.82. The average molecular weight is 476 g/mol. The number of allylic oxidation sites excluding steroid dienone is 2. The molecule has 0 radical (unpaired) electrons. The minimum absolute atomic E-state index is 0.0793. The Kier molecular flexibility index (Phi) is 7.89. The Labute approximate surface area is 205 Å². The van der Waals surface area contributed by atoms with Gasteiger partial charge in [-0.2, -0.15) is 15.8 Å². The van der Waals surface area contributed by atoms with Crippen LogP contribution >= 0.6 is 0 Å². The van der Waals surface area contributed by atoms with E-state index >= 15 is 0 Å². The van der Waals surface area contributed by atoms with Gasteiger partial charge in [0.05, 0.1) is 43.7 Å². The van der Waals surface area contributed by atoms with Gasteiger partial charge in [0.25, 0.3) is 0 Å². The van der Waals surface area contributed by atoms with E-state index in [1.807, 2.05) is 0 Å². The number of nitrogens with two attached hydrogens (primary N) is 1. The molecule has 1 aliphatic heterocycles. The lowest BCUT2D eigenvalue weighted by Crippen LogP contribution is -2.49. The fourth-order valence-electron chi connectivity index (χ4n) is 4.74. The molecule has 9 heteroatoms. The second kappa shape index (κ2) is 10.8. The maximum absolute atomic E-state index is 12.5. The van der Waals surface area contributed by atoms with E-state index in [0.717, 1.165) is 12.8 Å².